The minimum Gasteiger partial charge on any atom is -0.303 e. The third kappa shape index (κ3) is 7.29. The summed E-state index contributed by atoms with van der Waals surface area (Å²) in [5.41, 5.74) is 0. The summed E-state index contributed by atoms with van der Waals surface area (Å²) in [7, 11) is 0. The van der Waals surface area contributed by atoms with Gasteiger partial charge in [0.15, 0.2) is 0 Å². The third-order valence-electron chi connectivity index (χ3n) is 0.832. The van der Waals surface area contributed by atoms with E-state index in [4.69, 9.17) is 11.6 Å². The number of alkyl halides is 1. The second-order valence-corrected chi connectivity index (χ2v) is 1.71. The van der Waals surface area contributed by atoms with E-state index in [1.165, 1.54) is 5.92 Å². The van der Waals surface area contributed by atoms with E-state index in [1.54, 1.807) is 0 Å². The largest absolute Gasteiger partial charge is 1.00 e. The van der Waals surface area contributed by atoms with E-state index < -0.39 is 0 Å². The normalized spacial score (nSPS) is 8.57. The molecule has 0 aliphatic heterocycles. The topological polar surface area (TPSA) is 0 Å². The van der Waals surface area contributed by atoms with E-state index in [0.29, 0.717) is 0 Å². The molecule has 0 rings (SSSR count). The van der Waals surface area contributed by atoms with Gasteiger partial charge in [0.2, 0.25) is 0 Å². The third-order valence-corrected chi connectivity index (χ3v) is 1.29. The molecular weight excluding hydrogens is 118 g/mol. The molecule has 7 heavy (non-hydrogen) atoms. The van der Waals surface area contributed by atoms with Crippen molar-refractivity contribution in [1.29, 1.82) is 0 Å². The van der Waals surface area contributed by atoms with Gasteiger partial charge in [-0.3, -0.25) is 0 Å². The average molecular weight is 129 g/mol. The van der Waals surface area contributed by atoms with E-state index in [2.05, 4.69) is 13.8 Å². The van der Waals surface area contributed by atoms with Gasteiger partial charge in [-0.05, 0) is 0 Å². The summed E-state index contributed by atoms with van der Waals surface area (Å²) in [6, 6.07) is 0. The molecule has 0 heterocycles. The molecule has 0 aliphatic rings. The van der Waals surface area contributed by atoms with Crippen LogP contribution in [0.3, 0.4) is 0 Å². The zero-order valence-corrected chi connectivity index (χ0v) is 8.05. The molecule has 0 saturated heterocycles. The van der Waals surface area contributed by atoms with Crippen LogP contribution in [0.25, 0.3) is 0 Å². The number of hydrogen-bond donors (Lipinski definition) is 0. The summed E-state index contributed by atoms with van der Waals surface area (Å²) >= 11 is 5.42. The molecule has 0 spiro atoms. The fraction of sp³-hybridized carbons (Fsp3) is 0.800. The quantitative estimate of drug-likeness (QED) is 0.261. The second-order valence-electron chi connectivity index (χ2n) is 1.44. The van der Waals surface area contributed by atoms with E-state index in [0.717, 1.165) is 12.3 Å². The molecule has 38 valence electrons. The maximum atomic E-state index is 5.42. The van der Waals surface area contributed by atoms with Gasteiger partial charge >= 0.3 is 29.6 Å². The Labute approximate surface area is 72.9 Å². The van der Waals surface area contributed by atoms with Crippen molar-refractivity contribution in [3.8, 4) is 0 Å². The molecule has 0 nitrogen and oxygen atoms in total. The Morgan fingerprint density at radius 1 is 1.57 bits per heavy atom. The van der Waals surface area contributed by atoms with Crippen molar-refractivity contribution in [1.82, 2.24) is 0 Å². The van der Waals surface area contributed by atoms with Gasteiger partial charge in [-0.25, -0.2) is 0 Å². The molecule has 0 saturated carbocycles. The summed E-state index contributed by atoms with van der Waals surface area (Å²) < 4.78 is 0. The van der Waals surface area contributed by atoms with Crippen molar-refractivity contribution < 1.29 is 29.6 Å². The van der Waals surface area contributed by atoms with Crippen molar-refractivity contribution in [2.75, 3.05) is 5.88 Å². The zero-order valence-electron chi connectivity index (χ0n) is 5.29. The molecule has 0 atom stereocenters. The Morgan fingerprint density at radius 3 is 2.00 bits per heavy atom. The maximum Gasteiger partial charge on any atom is 1.00 e. The smallest absolute Gasteiger partial charge is 0.303 e. The van der Waals surface area contributed by atoms with E-state index in [9.17, 15) is 0 Å². The maximum absolute atomic E-state index is 5.42. The SMILES string of the molecule is CC[C-](C)CCl.[Na+]. The van der Waals surface area contributed by atoms with Gasteiger partial charge in [0, 0.05) is 0 Å². The van der Waals surface area contributed by atoms with Gasteiger partial charge in [-0.15, -0.1) is 0 Å². The average Bonchev–Trinajstić information content (AvgIpc) is 1.65. The fourth-order valence-corrected chi connectivity index (χ4v) is 0.283. The molecule has 2 heteroatoms. The van der Waals surface area contributed by atoms with Crippen molar-refractivity contribution in [2.24, 2.45) is 0 Å². The van der Waals surface area contributed by atoms with Gasteiger partial charge in [0.25, 0.3) is 0 Å². The molecule has 0 radical (unpaired) electrons. The Bertz CT molecular complexity index is 27.3. The molecule has 0 amide bonds. The summed E-state index contributed by atoms with van der Waals surface area (Å²) in [4.78, 5) is 0. The fourth-order valence-electron chi connectivity index (χ4n) is 0.0945. The van der Waals surface area contributed by atoms with Crippen molar-refractivity contribution in [3.05, 3.63) is 5.92 Å². The molecule has 0 fully saturated rings. The minimum absolute atomic E-state index is 0. The summed E-state index contributed by atoms with van der Waals surface area (Å²) in [6.07, 6.45) is 1.11. The monoisotopic (exact) mass is 128 g/mol. The Morgan fingerprint density at radius 2 is 2.00 bits per heavy atom. The predicted octanol–water partition coefficient (Wildman–Crippen LogP) is -0.766. The zero-order chi connectivity index (χ0) is 4.99. The molecular formula is C5H10ClNa. The standard InChI is InChI=1S/C5H10Cl.Na/c1-3-5(2)4-6;/h3-4H2,1-2H3;/q-1;+1. The summed E-state index contributed by atoms with van der Waals surface area (Å²) in [5.74, 6) is 2.08. The van der Waals surface area contributed by atoms with E-state index in [1.807, 2.05) is 0 Å². The molecule has 0 aromatic rings. The van der Waals surface area contributed by atoms with Crippen LogP contribution in [0.1, 0.15) is 20.3 Å². The second kappa shape index (κ2) is 7.29. The van der Waals surface area contributed by atoms with Crippen LogP contribution in [0.5, 0.6) is 0 Å². The van der Waals surface area contributed by atoms with Crippen LogP contribution in [0.2, 0.25) is 0 Å². The Balaban J connectivity index is 0. The number of hydrogen-bond acceptors (Lipinski definition) is 0. The van der Waals surface area contributed by atoms with Crippen LogP contribution in [0.15, 0.2) is 0 Å². The first-order valence-corrected chi connectivity index (χ1v) is 2.72. The summed E-state index contributed by atoms with van der Waals surface area (Å²) in [6.45, 7) is 4.17. The number of rotatable bonds is 2. The molecule has 0 N–H and O–H groups in total. The molecule has 0 aliphatic carbocycles. The molecule has 0 aromatic carbocycles. The Kier molecular flexibility index (Phi) is 11.6. The van der Waals surface area contributed by atoms with Gasteiger partial charge in [-0.1, -0.05) is 12.8 Å². The predicted molar refractivity (Wildman–Crippen MR) is 29.9 cm³/mol. The molecule has 0 unspecified atom stereocenters. The van der Waals surface area contributed by atoms with Crippen molar-refractivity contribution in [3.63, 3.8) is 0 Å². The first kappa shape index (κ1) is 11.1. The van der Waals surface area contributed by atoms with E-state index >= 15 is 0 Å². The minimum atomic E-state index is 0. The molecule has 0 aromatic heterocycles. The molecule has 0 bridgehead atoms. The van der Waals surface area contributed by atoms with Crippen LogP contribution >= 0.6 is 11.6 Å². The van der Waals surface area contributed by atoms with E-state index in [-0.39, 0.29) is 29.6 Å². The van der Waals surface area contributed by atoms with Crippen molar-refractivity contribution in [2.45, 2.75) is 20.3 Å². The summed E-state index contributed by atoms with van der Waals surface area (Å²) in [5, 5.41) is 0. The van der Waals surface area contributed by atoms with Crippen molar-refractivity contribution >= 4 is 11.6 Å². The van der Waals surface area contributed by atoms with Gasteiger partial charge in [0.05, 0.1) is 0 Å². The van der Waals surface area contributed by atoms with Crippen LogP contribution in [0.4, 0.5) is 0 Å². The van der Waals surface area contributed by atoms with Crippen LogP contribution in [-0.4, -0.2) is 5.88 Å². The van der Waals surface area contributed by atoms with Crippen LogP contribution in [-0.2, 0) is 0 Å². The van der Waals surface area contributed by atoms with Gasteiger partial charge in [0.1, 0.15) is 0 Å². The Hall–Kier alpha value is 1.29. The first-order chi connectivity index (χ1) is 2.81. The first-order valence-electron chi connectivity index (χ1n) is 2.18. The van der Waals surface area contributed by atoms with Gasteiger partial charge < -0.3 is 5.92 Å². The van der Waals surface area contributed by atoms with Gasteiger partial charge in [-0.2, -0.15) is 24.9 Å². The van der Waals surface area contributed by atoms with Crippen LogP contribution < -0.4 is 29.6 Å². The number of halogens is 1. The van der Waals surface area contributed by atoms with Crippen LogP contribution in [0, 0.1) is 5.92 Å².